The van der Waals surface area contributed by atoms with E-state index in [1.165, 1.54) is 42.5 Å². The molecule has 2 aromatic carbocycles. The minimum absolute atomic E-state index is 0.00644. The summed E-state index contributed by atoms with van der Waals surface area (Å²) in [5, 5.41) is 11.1. The number of anilines is 1. The van der Waals surface area contributed by atoms with Gasteiger partial charge in [0.2, 0.25) is 5.78 Å². The highest BCUT2D eigenvalue weighted by atomic mass is 16.6. The Labute approximate surface area is 131 Å². The van der Waals surface area contributed by atoms with Crippen LogP contribution in [0.25, 0.3) is 0 Å². The van der Waals surface area contributed by atoms with Crippen molar-refractivity contribution in [3.8, 4) is 0 Å². The predicted molar refractivity (Wildman–Crippen MR) is 83.3 cm³/mol. The number of para-hydroxylation sites is 1. The van der Waals surface area contributed by atoms with Crippen molar-refractivity contribution >= 4 is 23.1 Å². The van der Waals surface area contributed by atoms with E-state index in [9.17, 15) is 19.7 Å². The van der Waals surface area contributed by atoms with Gasteiger partial charge in [0, 0.05) is 17.3 Å². The molecule has 7 nitrogen and oxygen atoms in total. The SMILES string of the molecule is CCOC(=O)c1cc(N)ccc1C(=O)c1ccccc1[N+](=O)[O-]. The highest BCUT2D eigenvalue weighted by molar-refractivity contribution is 6.16. The number of rotatable bonds is 5. The second kappa shape index (κ2) is 6.69. The van der Waals surface area contributed by atoms with Gasteiger partial charge in [0.15, 0.2) is 0 Å². The molecule has 0 saturated carbocycles. The highest BCUT2D eigenvalue weighted by Gasteiger charge is 2.25. The molecule has 23 heavy (non-hydrogen) atoms. The van der Waals surface area contributed by atoms with Crippen molar-refractivity contribution in [2.75, 3.05) is 12.3 Å². The third-order valence-electron chi connectivity index (χ3n) is 3.13. The van der Waals surface area contributed by atoms with E-state index >= 15 is 0 Å². The fourth-order valence-corrected chi connectivity index (χ4v) is 2.11. The molecule has 0 saturated heterocycles. The van der Waals surface area contributed by atoms with E-state index in [2.05, 4.69) is 0 Å². The third kappa shape index (κ3) is 3.34. The quantitative estimate of drug-likeness (QED) is 0.298. The maximum atomic E-state index is 12.7. The number of carbonyl (C=O) groups excluding carboxylic acids is 2. The van der Waals surface area contributed by atoms with Crippen molar-refractivity contribution in [3.05, 3.63) is 69.3 Å². The molecule has 2 aromatic rings. The first-order chi connectivity index (χ1) is 11.0. The number of hydrogen-bond acceptors (Lipinski definition) is 6. The van der Waals surface area contributed by atoms with Gasteiger partial charge < -0.3 is 10.5 Å². The number of nitro benzene ring substituents is 1. The maximum absolute atomic E-state index is 12.7. The summed E-state index contributed by atoms with van der Waals surface area (Å²) in [5.74, 6) is -1.35. The summed E-state index contributed by atoms with van der Waals surface area (Å²) in [4.78, 5) is 35.1. The standard InChI is InChI=1S/C16H14N2O5/c1-2-23-16(20)13-9-10(17)7-8-11(13)15(19)12-5-3-4-6-14(12)18(21)22/h3-9H,2,17H2,1H3. The molecule has 0 aromatic heterocycles. The smallest absolute Gasteiger partial charge is 0.338 e. The van der Waals surface area contributed by atoms with Gasteiger partial charge in [0.05, 0.1) is 17.1 Å². The van der Waals surface area contributed by atoms with Gasteiger partial charge in [-0.05, 0) is 31.2 Å². The number of benzene rings is 2. The molecule has 0 aliphatic heterocycles. The number of ketones is 1. The first-order valence-corrected chi connectivity index (χ1v) is 6.80. The van der Waals surface area contributed by atoms with Crippen molar-refractivity contribution < 1.29 is 19.2 Å². The minimum atomic E-state index is -0.707. The van der Waals surface area contributed by atoms with Crippen LogP contribution >= 0.6 is 0 Å². The van der Waals surface area contributed by atoms with E-state index < -0.39 is 16.7 Å². The average molecular weight is 314 g/mol. The van der Waals surface area contributed by atoms with Gasteiger partial charge in [0.1, 0.15) is 5.56 Å². The molecule has 0 aliphatic carbocycles. The van der Waals surface area contributed by atoms with Crippen LogP contribution in [0.15, 0.2) is 42.5 Å². The summed E-state index contributed by atoms with van der Waals surface area (Å²) < 4.78 is 4.91. The second-order valence-corrected chi connectivity index (χ2v) is 4.63. The zero-order valence-corrected chi connectivity index (χ0v) is 12.3. The number of ether oxygens (including phenoxy) is 1. The number of nitrogens with two attached hydrogens (primary N) is 1. The summed E-state index contributed by atoms with van der Waals surface area (Å²) in [6.07, 6.45) is 0. The van der Waals surface area contributed by atoms with Gasteiger partial charge in [-0.15, -0.1) is 0 Å². The zero-order valence-electron chi connectivity index (χ0n) is 12.3. The van der Waals surface area contributed by atoms with Gasteiger partial charge in [-0.2, -0.15) is 0 Å². The van der Waals surface area contributed by atoms with Crippen molar-refractivity contribution in [1.82, 2.24) is 0 Å². The Morgan fingerprint density at radius 2 is 1.83 bits per heavy atom. The molecule has 2 N–H and O–H groups in total. The molecular weight excluding hydrogens is 300 g/mol. The van der Waals surface area contributed by atoms with E-state index in [-0.39, 0.29) is 34.7 Å². The van der Waals surface area contributed by atoms with Gasteiger partial charge >= 0.3 is 5.97 Å². The van der Waals surface area contributed by atoms with E-state index in [0.717, 1.165) is 0 Å². The van der Waals surface area contributed by atoms with Crippen LogP contribution in [0.2, 0.25) is 0 Å². The fraction of sp³-hybridized carbons (Fsp3) is 0.125. The Morgan fingerprint density at radius 3 is 2.48 bits per heavy atom. The maximum Gasteiger partial charge on any atom is 0.338 e. The lowest BCUT2D eigenvalue weighted by molar-refractivity contribution is -0.385. The summed E-state index contributed by atoms with van der Waals surface area (Å²) in [5.41, 5.74) is 5.49. The molecule has 0 unspecified atom stereocenters. The molecule has 0 atom stereocenters. The van der Waals surface area contributed by atoms with Crippen LogP contribution in [-0.4, -0.2) is 23.3 Å². The number of nitrogen functional groups attached to an aromatic ring is 1. The normalized spacial score (nSPS) is 10.1. The summed E-state index contributed by atoms with van der Waals surface area (Å²) in [6, 6.07) is 9.68. The van der Waals surface area contributed by atoms with Gasteiger partial charge in [-0.3, -0.25) is 14.9 Å². The van der Waals surface area contributed by atoms with E-state index in [0.29, 0.717) is 0 Å². The molecular formula is C16H14N2O5. The Kier molecular flexibility index (Phi) is 4.70. The van der Waals surface area contributed by atoms with Gasteiger partial charge in [-0.25, -0.2) is 4.79 Å². The first kappa shape index (κ1) is 16.2. The van der Waals surface area contributed by atoms with Crippen molar-refractivity contribution in [1.29, 1.82) is 0 Å². The van der Waals surface area contributed by atoms with E-state index in [1.807, 2.05) is 0 Å². The van der Waals surface area contributed by atoms with Gasteiger partial charge in [-0.1, -0.05) is 12.1 Å². The molecule has 0 amide bonds. The number of esters is 1. The third-order valence-corrected chi connectivity index (χ3v) is 3.13. The predicted octanol–water partition coefficient (Wildman–Crippen LogP) is 2.58. The molecule has 0 bridgehead atoms. The number of nitrogens with zero attached hydrogens (tertiary/aromatic N) is 1. The van der Waals surface area contributed by atoms with Crippen LogP contribution in [0.1, 0.15) is 33.2 Å². The lowest BCUT2D eigenvalue weighted by Crippen LogP contribution is -2.14. The van der Waals surface area contributed by atoms with Crippen LogP contribution in [0.5, 0.6) is 0 Å². The Bertz CT molecular complexity index is 786. The second-order valence-electron chi connectivity index (χ2n) is 4.63. The lowest BCUT2D eigenvalue weighted by atomic mass is 9.96. The molecule has 0 heterocycles. The van der Waals surface area contributed by atoms with Crippen molar-refractivity contribution in [2.24, 2.45) is 0 Å². The molecule has 0 radical (unpaired) electrons. The van der Waals surface area contributed by atoms with Crippen molar-refractivity contribution in [2.45, 2.75) is 6.92 Å². The Morgan fingerprint density at radius 1 is 1.13 bits per heavy atom. The number of nitro groups is 1. The topological polar surface area (TPSA) is 113 Å². The largest absolute Gasteiger partial charge is 0.462 e. The van der Waals surface area contributed by atoms with E-state index in [1.54, 1.807) is 6.92 Å². The molecule has 0 aliphatic rings. The van der Waals surface area contributed by atoms with Crippen LogP contribution in [0, 0.1) is 10.1 Å². The van der Waals surface area contributed by atoms with Crippen LogP contribution in [-0.2, 0) is 4.74 Å². The summed E-state index contributed by atoms with van der Waals surface area (Å²) >= 11 is 0. The fourth-order valence-electron chi connectivity index (χ4n) is 2.11. The number of carbonyl (C=O) groups is 2. The molecule has 0 spiro atoms. The van der Waals surface area contributed by atoms with Crippen LogP contribution in [0.4, 0.5) is 11.4 Å². The highest BCUT2D eigenvalue weighted by Crippen LogP contribution is 2.24. The molecule has 7 heteroatoms. The summed E-state index contributed by atoms with van der Waals surface area (Å²) in [7, 11) is 0. The van der Waals surface area contributed by atoms with Crippen molar-refractivity contribution in [3.63, 3.8) is 0 Å². The lowest BCUT2D eigenvalue weighted by Gasteiger charge is -2.09. The minimum Gasteiger partial charge on any atom is -0.462 e. The molecule has 118 valence electrons. The van der Waals surface area contributed by atoms with Gasteiger partial charge in [0.25, 0.3) is 5.69 Å². The molecule has 2 rings (SSSR count). The van der Waals surface area contributed by atoms with Crippen LogP contribution < -0.4 is 5.73 Å². The van der Waals surface area contributed by atoms with Crippen LogP contribution in [0.3, 0.4) is 0 Å². The Balaban J connectivity index is 2.56. The Hall–Kier alpha value is -3.22. The molecule has 0 fully saturated rings. The first-order valence-electron chi connectivity index (χ1n) is 6.80. The average Bonchev–Trinajstić information content (AvgIpc) is 2.54. The summed E-state index contributed by atoms with van der Waals surface area (Å²) in [6.45, 7) is 1.76. The number of hydrogen-bond donors (Lipinski definition) is 1. The van der Waals surface area contributed by atoms with E-state index in [4.69, 9.17) is 10.5 Å². The zero-order chi connectivity index (χ0) is 17.0. The monoisotopic (exact) mass is 314 g/mol.